The highest BCUT2D eigenvalue weighted by Crippen LogP contribution is 2.29. The van der Waals surface area contributed by atoms with Crippen molar-refractivity contribution in [1.82, 2.24) is 19.7 Å². The molecule has 2 atom stereocenters. The van der Waals surface area contributed by atoms with Crippen molar-refractivity contribution >= 4 is 5.91 Å². The van der Waals surface area contributed by atoms with Gasteiger partial charge in [-0.15, -0.1) is 0 Å². The maximum absolute atomic E-state index is 13.3. The van der Waals surface area contributed by atoms with Crippen LogP contribution in [-0.2, 0) is 11.3 Å². The first-order valence-electron chi connectivity index (χ1n) is 8.64. The van der Waals surface area contributed by atoms with Crippen molar-refractivity contribution in [3.05, 3.63) is 47.3 Å². The van der Waals surface area contributed by atoms with E-state index in [1.54, 1.807) is 12.1 Å². The van der Waals surface area contributed by atoms with Crippen molar-refractivity contribution in [2.75, 3.05) is 6.54 Å². The van der Waals surface area contributed by atoms with Gasteiger partial charge in [-0.05, 0) is 50.9 Å². The van der Waals surface area contributed by atoms with Crippen molar-refractivity contribution in [3.63, 3.8) is 0 Å². The van der Waals surface area contributed by atoms with Crippen molar-refractivity contribution < 1.29 is 9.18 Å². The predicted octanol–water partition coefficient (Wildman–Crippen LogP) is 2.12. The fraction of sp³-hybridized carbons (Fsp3) is 0.500. The van der Waals surface area contributed by atoms with E-state index in [-0.39, 0.29) is 11.9 Å². The molecule has 0 unspecified atom stereocenters. The summed E-state index contributed by atoms with van der Waals surface area (Å²) in [7, 11) is 0. The highest BCUT2D eigenvalue weighted by molar-refractivity contribution is 5.81. The van der Waals surface area contributed by atoms with Gasteiger partial charge in [0.25, 0.3) is 0 Å². The van der Waals surface area contributed by atoms with Gasteiger partial charge in [0, 0.05) is 6.04 Å². The van der Waals surface area contributed by atoms with Gasteiger partial charge in [0.2, 0.25) is 5.91 Å². The number of nitrogens with zero attached hydrogens (tertiary/aromatic N) is 4. The van der Waals surface area contributed by atoms with Crippen LogP contribution >= 0.6 is 0 Å². The molecule has 0 bridgehead atoms. The number of nitrogens with two attached hydrogens (primary N) is 1. The van der Waals surface area contributed by atoms with Gasteiger partial charge in [0.1, 0.15) is 23.5 Å². The van der Waals surface area contributed by atoms with E-state index in [1.807, 2.05) is 18.5 Å². The number of rotatable bonds is 5. The Kier molecular flexibility index (Phi) is 5.13. The average molecular weight is 345 g/mol. The molecule has 2 heterocycles. The summed E-state index contributed by atoms with van der Waals surface area (Å²) in [6, 6.07) is 5.60. The number of benzene rings is 1. The minimum absolute atomic E-state index is 0.135. The highest BCUT2D eigenvalue weighted by Gasteiger charge is 2.33. The smallest absolute Gasteiger partial charge is 0.239 e. The second-order valence-electron chi connectivity index (χ2n) is 6.63. The van der Waals surface area contributed by atoms with E-state index in [9.17, 15) is 9.18 Å². The molecule has 1 aromatic carbocycles. The lowest BCUT2D eigenvalue weighted by atomic mass is 9.95. The van der Waals surface area contributed by atoms with E-state index in [4.69, 9.17) is 5.73 Å². The van der Waals surface area contributed by atoms with Gasteiger partial charge >= 0.3 is 0 Å². The lowest BCUT2D eigenvalue weighted by Crippen LogP contribution is -2.48. The van der Waals surface area contributed by atoms with Crippen LogP contribution in [0.25, 0.3) is 0 Å². The summed E-state index contributed by atoms with van der Waals surface area (Å²) in [4.78, 5) is 18.7. The molecule has 0 radical (unpaired) electrons. The molecule has 1 saturated heterocycles. The van der Waals surface area contributed by atoms with Crippen LogP contribution < -0.4 is 5.73 Å². The van der Waals surface area contributed by atoms with E-state index in [1.165, 1.54) is 12.1 Å². The molecule has 2 aromatic rings. The zero-order valence-electron chi connectivity index (χ0n) is 14.7. The molecular formula is C18H24FN5O. The number of hydrogen-bond acceptors (Lipinski definition) is 4. The molecule has 0 saturated carbocycles. The molecule has 1 amide bonds. The van der Waals surface area contributed by atoms with Gasteiger partial charge < -0.3 is 5.73 Å². The minimum atomic E-state index is -0.559. The zero-order chi connectivity index (χ0) is 18.0. The van der Waals surface area contributed by atoms with Gasteiger partial charge in [0.05, 0.1) is 6.54 Å². The third kappa shape index (κ3) is 3.87. The molecule has 1 aromatic heterocycles. The Morgan fingerprint density at radius 3 is 2.64 bits per heavy atom. The van der Waals surface area contributed by atoms with E-state index >= 15 is 0 Å². The number of carbonyl (C=O) groups excluding carboxylic acids is 1. The number of amides is 1. The number of likely N-dealkylation sites (tertiary alicyclic amines) is 1. The van der Waals surface area contributed by atoms with Crippen LogP contribution in [0.15, 0.2) is 24.3 Å². The first-order valence-corrected chi connectivity index (χ1v) is 8.64. The predicted molar refractivity (Wildman–Crippen MR) is 92.2 cm³/mol. The van der Waals surface area contributed by atoms with Gasteiger partial charge in [-0.25, -0.2) is 14.1 Å². The van der Waals surface area contributed by atoms with Crippen molar-refractivity contribution in [2.45, 2.75) is 51.7 Å². The lowest BCUT2D eigenvalue weighted by molar-refractivity contribution is -0.125. The van der Waals surface area contributed by atoms with Crippen LogP contribution in [0.5, 0.6) is 0 Å². The maximum Gasteiger partial charge on any atom is 0.239 e. The number of primary amides is 1. The summed E-state index contributed by atoms with van der Waals surface area (Å²) in [5.74, 6) is 0.867. The SMILES string of the molecule is Cc1nc(C)n(C[C@H]2CCCCN2[C@@H](C(N)=O)c2ccc(F)cc2)n1. The second-order valence-corrected chi connectivity index (χ2v) is 6.63. The van der Waals surface area contributed by atoms with Crippen LogP contribution in [0.3, 0.4) is 0 Å². The number of hydrogen-bond donors (Lipinski definition) is 1. The average Bonchev–Trinajstić information content (AvgIpc) is 2.88. The summed E-state index contributed by atoms with van der Waals surface area (Å²) < 4.78 is 15.1. The first-order chi connectivity index (χ1) is 12.0. The lowest BCUT2D eigenvalue weighted by Gasteiger charge is -2.40. The van der Waals surface area contributed by atoms with Crippen LogP contribution in [-0.4, -0.2) is 38.2 Å². The van der Waals surface area contributed by atoms with Gasteiger partial charge in [-0.2, -0.15) is 5.10 Å². The van der Waals surface area contributed by atoms with Crippen LogP contribution in [0, 0.1) is 19.7 Å². The Morgan fingerprint density at radius 2 is 2.04 bits per heavy atom. The molecule has 7 heteroatoms. The summed E-state index contributed by atoms with van der Waals surface area (Å²) in [6.45, 7) is 5.24. The molecular weight excluding hydrogens is 321 g/mol. The number of piperidine rings is 1. The molecule has 134 valence electrons. The van der Waals surface area contributed by atoms with Crippen molar-refractivity contribution in [3.8, 4) is 0 Å². The Balaban J connectivity index is 1.88. The molecule has 0 spiro atoms. The molecule has 25 heavy (non-hydrogen) atoms. The topological polar surface area (TPSA) is 77.0 Å². The fourth-order valence-corrected chi connectivity index (χ4v) is 3.66. The van der Waals surface area contributed by atoms with Crippen LogP contribution in [0.1, 0.15) is 42.5 Å². The second kappa shape index (κ2) is 7.31. The Hall–Kier alpha value is -2.28. The van der Waals surface area contributed by atoms with E-state index < -0.39 is 11.9 Å². The molecule has 2 N–H and O–H groups in total. The Labute approximate surface area is 146 Å². The third-order valence-electron chi connectivity index (χ3n) is 4.81. The van der Waals surface area contributed by atoms with Gasteiger partial charge in [-0.3, -0.25) is 9.69 Å². The standard InChI is InChI=1S/C18H24FN5O/c1-12-21-13(2)24(22-12)11-16-5-3-4-10-23(16)17(18(20)25)14-6-8-15(19)9-7-14/h6-9,16-17H,3-5,10-11H2,1-2H3,(H2,20,25)/t16-,17-/m1/s1. The third-order valence-corrected chi connectivity index (χ3v) is 4.81. The molecule has 1 aliphatic rings. The molecule has 1 fully saturated rings. The fourth-order valence-electron chi connectivity index (χ4n) is 3.66. The highest BCUT2D eigenvalue weighted by atomic mass is 19.1. The van der Waals surface area contributed by atoms with Gasteiger partial charge in [0.15, 0.2) is 0 Å². The number of aryl methyl sites for hydroxylation is 2. The number of aromatic nitrogens is 3. The minimum Gasteiger partial charge on any atom is -0.368 e. The maximum atomic E-state index is 13.3. The van der Waals surface area contributed by atoms with Gasteiger partial charge in [-0.1, -0.05) is 18.6 Å². The Morgan fingerprint density at radius 1 is 1.32 bits per heavy atom. The number of halogens is 1. The normalized spacial score (nSPS) is 19.7. The largest absolute Gasteiger partial charge is 0.368 e. The van der Waals surface area contributed by atoms with Crippen molar-refractivity contribution in [1.29, 1.82) is 0 Å². The molecule has 0 aliphatic carbocycles. The first kappa shape index (κ1) is 17.5. The van der Waals surface area contributed by atoms with E-state index in [2.05, 4.69) is 15.0 Å². The zero-order valence-corrected chi connectivity index (χ0v) is 14.7. The summed E-state index contributed by atoms with van der Waals surface area (Å²) >= 11 is 0. The molecule has 1 aliphatic heterocycles. The monoisotopic (exact) mass is 345 g/mol. The summed E-state index contributed by atoms with van der Waals surface area (Å²) in [5, 5.41) is 4.44. The summed E-state index contributed by atoms with van der Waals surface area (Å²) in [5.41, 5.74) is 6.45. The van der Waals surface area contributed by atoms with E-state index in [0.717, 1.165) is 43.0 Å². The van der Waals surface area contributed by atoms with E-state index in [0.29, 0.717) is 6.54 Å². The quantitative estimate of drug-likeness (QED) is 0.900. The van der Waals surface area contributed by atoms with Crippen LogP contribution in [0.4, 0.5) is 4.39 Å². The summed E-state index contributed by atoms with van der Waals surface area (Å²) in [6.07, 6.45) is 3.07. The van der Waals surface area contributed by atoms with Crippen LogP contribution in [0.2, 0.25) is 0 Å². The Bertz CT molecular complexity index is 742. The molecule has 6 nitrogen and oxygen atoms in total. The van der Waals surface area contributed by atoms with Crippen molar-refractivity contribution in [2.24, 2.45) is 5.73 Å². The molecule has 3 rings (SSSR count). The number of carbonyl (C=O) groups is 1.